The predicted molar refractivity (Wildman–Crippen MR) is 82.7 cm³/mol. The molecule has 3 rings (SSSR count). The molecule has 8 heteroatoms. The fourth-order valence-electron chi connectivity index (χ4n) is 2.16. The maximum Gasteiger partial charge on any atom is 0.240 e. The molecule has 1 atom stereocenters. The third-order valence-corrected chi connectivity index (χ3v) is 4.85. The molecule has 21 heavy (non-hydrogen) atoms. The van der Waals surface area contributed by atoms with Crippen LogP contribution in [0.4, 0.5) is 5.13 Å². The molecule has 0 radical (unpaired) electrons. The quantitative estimate of drug-likeness (QED) is 0.931. The minimum Gasteiger partial charge on any atom is -0.368 e. The van der Waals surface area contributed by atoms with Crippen molar-refractivity contribution in [3.8, 4) is 0 Å². The number of thiazole rings is 2. The van der Waals surface area contributed by atoms with E-state index in [1.165, 1.54) is 11.3 Å². The molecule has 0 bridgehead atoms. The molecule has 0 spiro atoms. The zero-order valence-electron chi connectivity index (χ0n) is 11.6. The molecule has 1 aliphatic heterocycles. The summed E-state index contributed by atoms with van der Waals surface area (Å²) in [5, 5.41) is 8.28. The monoisotopic (exact) mass is 324 g/mol. The molecule has 1 aliphatic rings. The van der Waals surface area contributed by atoms with Gasteiger partial charge in [0.2, 0.25) is 5.91 Å². The van der Waals surface area contributed by atoms with Crippen LogP contribution >= 0.6 is 22.7 Å². The normalized spacial score (nSPS) is 19.6. The lowest BCUT2D eigenvalue weighted by Crippen LogP contribution is -2.42. The van der Waals surface area contributed by atoms with Gasteiger partial charge in [0.25, 0.3) is 0 Å². The van der Waals surface area contributed by atoms with Gasteiger partial charge in [0, 0.05) is 35.7 Å². The number of ether oxygens (including phenoxy) is 1. The maximum atomic E-state index is 12.0. The smallest absolute Gasteiger partial charge is 0.240 e. The van der Waals surface area contributed by atoms with Gasteiger partial charge >= 0.3 is 0 Å². The van der Waals surface area contributed by atoms with Crippen LogP contribution in [0.5, 0.6) is 0 Å². The van der Waals surface area contributed by atoms with Crippen LogP contribution < -0.4 is 5.32 Å². The van der Waals surface area contributed by atoms with E-state index in [1.807, 2.05) is 17.7 Å². The second kappa shape index (κ2) is 6.61. The number of nitrogens with zero attached hydrogens (tertiary/aromatic N) is 3. The van der Waals surface area contributed by atoms with Gasteiger partial charge in [0.05, 0.1) is 13.2 Å². The first-order valence-electron chi connectivity index (χ1n) is 6.66. The van der Waals surface area contributed by atoms with Crippen molar-refractivity contribution in [3.05, 3.63) is 27.7 Å². The Morgan fingerprint density at radius 1 is 1.57 bits per heavy atom. The minimum absolute atomic E-state index is 0.0369. The number of hydrogen-bond acceptors (Lipinski definition) is 7. The van der Waals surface area contributed by atoms with Crippen molar-refractivity contribution in [2.24, 2.45) is 0 Å². The largest absolute Gasteiger partial charge is 0.368 e. The lowest BCUT2D eigenvalue weighted by Gasteiger charge is -2.31. The number of hydrogen-bond donors (Lipinski definition) is 1. The number of nitrogens with one attached hydrogen (secondary N) is 1. The SMILES string of the molecule is Cc1csc([C@H]2CN(CC(=O)Nc3nccs3)CCO2)n1. The van der Waals surface area contributed by atoms with Crippen LogP contribution in [0.1, 0.15) is 16.8 Å². The minimum atomic E-state index is -0.0408. The van der Waals surface area contributed by atoms with Crippen LogP contribution in [0.3, 0.4) is 0 Å². The molecule has 2 aromatic rings. The summed E-state index contributed by atoms with van der Waals surface area (Å²) in [5.74, 6) is -0.0408. The molecule has 1 fully saturated rings. The molecule has 0 unspecified atom stereocenters. The number of anilines is 1. The van der Waals surface area contributed by atoms with E-state index in [-0.39, 0.29) is 12.0 Å². The van der Waals surface area contributed by atoms with Gasteiger partial charge in [-0.05, 0) is 6.92 Å². The van der Waals surface area contributed by atoms with Crippen LogP contribution in [0.2, 0.25) is 0 Å². The maximum absolute atomic E-state index is 12.0. The summed E-state index contributed by atoms with van der Waals surface area (Å²) in [7, 11) is 0. The number of amides is 1. The zero-order valence-corrected chi connectivity index (χ0v) is 13.2. The predicted octanol–water partition coefficient (Wildman–Crippen LogP) is 1.92. The Morgan fingerprint density at radius 2 is 2.48 bits per heavy atom. The third-order valence-electron chi connectivity index (χ3n) is 3.11. The van der Waals surface area contributed by atoms with E-state index in [0.29, 0.717) is 24.8 Å². The Labute approximate surface area is 130 Å². The van der Waals surface area contributed by atoms with E-state index in [1.54, 1.807) is 17.5 Å². The Hall–Kier alpha value is -1.35. The Bertz CT molecular complexity index is 599. The number of carbonyl (C=O) groups is 1. The van der Waals surface area contributed by atoms with E-state index >= 15 is 0 Å². The summed E-state index contributed by atoms with van der Waals surface area (Å²) in [6.45, 7) is 4.39. The van der Waals surface area contributed by atoms with Crippen molar-refractivity contribution < 1.29 is 9.53 Å². The van der Waals surface area contributed by atoms with Gasteiger partial charge in [-0.25, -0.2) is 9.97 Å². The molecule has 0 aliphatic carbocycles. The number of aryl methyl sites for hydroxylation is 1. The summed E-state index contributed by atoms with van der Waals surface area (Å²) >= 11 is 3.03. The summed E-state index contributed by atoms with van der Waals surface area (Å²) < 4.78 is 5.76. The second-order valence-corrected chi connectivity index (χ2v) is 6.59. The van der Waals surface area contributed by atoms with Gasteiger partial charge < -0.3 is 10.1 Å². The molecule has 2 aromatic heterocycles. The average Bonchev–Trinajstić information content (AvgIpc) is 3.10. The average molecular weight is 324 g/mol. The fourth-order valence-corrected chi connectivity index (χ4v) is 3.54. The molecule has 3 heterocycles. The van der Waals surface area contributed by atoms with Crippen molar-refractivity contribution in [1.82, 2.24) is 14.9 Å². The molecule has 0 saturated carbocycles. The summed E-state index contributed by atoms with van der Waals surface area (Å²) in [6, 6.07) is 0. The molecule has 0 aromatic carbocycles. The van der Waals surface area contributed by atoms with E-state index in [4.69, 9.17) is 4.74 Å². The number of carbonyl (C=O) groups excluding carboxylic acids is 1. The Balaban J connectivity index is 1.55. The zero-order chi connectivity index (χ0) is 14.7. The summed E-state index contributed by atoms with van der Waals surface area (Å²) in [6.07, 6.45) is 1.64. The first-order valence-corrected chi connectivity index (χ1v) is 8.42. The number of aromatic nitrogens is 2. The highest BCUT2D eigenvalue weighted by Gasteiger charge is 2.25. The van der Waals surface area contributed by atoms with E-state index in [9.17, 15) is 4.79 Å². The Morgan fingerprint density at radius 3 is 3.19 bits per heavy atom. The van der Waals surface area contributed by atoms with Gasteiger partial charge in [0.1, 0.15) is 11.1 Å². The third kappa shape index (κ3) is 3.85. The standard InChI is InChI=1S/C13H16N4O2S2/c1-9-8-21-12(15-9)10-6-17(3-4-19-10)7-11(18)16-13-14-2-5-20-13/h2,5,8,10H,3-4,6-7H2,1H3,(H,14,16,18)/t10-/m1/s1. The van der Waals surface area contributed by atoms with Crippen molar-refractivity contribution in [2.75, 3.05) is 31.6 Å². The second-order valence-electron chi connectivity index (χ2n) is 4.81. The van der Waals surface area contributed by atoms with Gasteiger partial charge in [-0.2, -0.15) is 0 Å². The van der Waals surface area contributed by atoms with E-state index in [2.05, 4.69) is 20.2 Å². The highest BCUT2D eigenvalue weighted by molar-refractivity contribution is 7.13. The molecular formula is C13H16N4O2S2. The molecule has 1 saturated heterocycles. The summed E-state index contributed by atoms with van der Waals surface area (Å²) in [5.41, 5.74) is 1.01. The first-order chi connectivity index (χ1) is 10.2. The van der Waals surface area contributed by atoms with Crippen molar-refractivity contribution in [3.63, 3.8) is 0 Å². The van der Waals surface area contributed by atoms with E-state index in [0.717, 1.165) is 17.2 Å². The van der Waals surface area contributed by atoms with E-state index < -0.39 is 0 Å². The highest BCUT2D eigenvalue weighted by atomic mass is 32.1. The molecule has 1 N–H and O–H groups in total. The van der Waals surface area contributed by atoms with Crippen molar-refractivity contribution in [2.45, 2.75) is 13.0 Å². The highest BCUT2D eigenvalue weighted by Crippen LogP contribution is 2.25. The van der Waals surface area contributed by atoms with Crippen LogP contribution in [-0.4, -0.2) is 47.0 Å². The number of rotatable bonds is 4. The molecule has 1 amide bonds. The first kappa shape index (κ1) is 14.6. The van der Waals surface area contributed by atoms with Gasteiger partial charge in [-0.1, -0.05) is 0 Å². The van der Waals surface area contributed by atoms with Gasteiger partial charge in [0.15, 0.2) is 5.13 Å². The Kier molecular flexibility index (Phi) is 4.59. The molecule has 112 valence electrons. The van der Waals surface area contributed by atoms with Gasteiger partial charge in [-0.3, -0.25) is 9.69 Å². The molecule has 6 nitrogen and oxygen atoms in total. The topological polar surface area (TPSA) is 67.4 Å². The van der Waals surface area contributed by atoms with Crippen molar-refractivity contribution in [1.29, 1.82) is 0 Å². The van der Waals surface area contributed by atoms with Crippen LogP contribution in [0.25, 0.3) is 0 Å². The number of morpholine rings is 1. The van der Waals surface area contributed by atoms with Crippen LogP contribution in [-0.2, 0) is 9.53 Å². The molecular weight excluding hydrogens is 308 g/mol. The lowest BCUT2D eigenvalue weighted by atomic mass is 10.2. The van der Waals surface area contributed by atoms with Crippen LogP contribution in [0, 0.1) is 6.92 Å². The van der Waals surface area contributed by atoms with Crippen molar-refractivity contribution >= 4 is 33.7 Å². The lowest BCUT2D eigenvalue weighted by molar-refractivity contribution is -0.119. The summed E-state index contributed by atoms with van der Waals surface area (Å²) in [4.78, 5) is 22.6. The fraction of sp³-hybridized carbons (Fsp3) is 0.462. The van der Waals surface area contributed by atoms with Crippen LogP contribution in [0.15, 0.2) is 17.0 Å². The van der Waals surface area contributed by atoms with Gasteiger partial charge in [-0.15, -0.1) is 22.7 Å².